The Bertz CT molecular complexity index is 609. The lowest BCUT2D eigenvalue weighted by Crippen LogP contribution is -2.31. The van der Waals surface area contributed by atoms with Crippen molar-refractivity contribution in [1.82, 2.24) is 9.29 Å². The van der Waals surface area contributed by atoms with Crippen molar-refractivity contribution in [1.29, 1.82) is 0 Å². The third-order valence-corrected chi connectivity index (χ3v) is 6.30. The number of hydrogen-bond donors (Lipinski definition) is 0. The van der Waals surface area contributed by atoms with E-state index in [0.717, 1.165) is 38.8 Å². The van der Waals surface area contributed by atoms with Crippen molar-refractivity contribution in [2.75, 3.05) is 31.1 Å². The van der Waals surface area contributed by atoms with Crippen LogP contribution in [0.5, 0.6) is 0 Å². The molecule has 3 rings (SSSR count). The molecule has 0 amide bonds. The molecular weight excluding hydrogens is 310 g/mol. The second kappa shape index (κ2) is 6.10. The van der Waals surface area contributed by atoms with Crippen molar-refractivity contribution < 1.29 is 8.42 Å². The van der Waals surface area contributed by atoms with Gasteiger partial charge in [-0.3, -0.25) is 0 Å². The highest BCUT2D eigenvalue weighted by molar-refractivity contribution is 7.89. The first-order valence-corrected chi connectivity index (χ1v) is 9.31. The van der Waals surface area contributed by atoms with Crippen molar-refractivity contribution in [3.8, 4) is 0 Å². The van der Waals surface area contributed by atoms with Crippen LogP contribution in [0.4, 0.5) is 5.82 Å². The van der Waals surface area contributed by atoms with Gasteiger partial charge in [0.1, 0.15) is 10.7 Å². The van der Waals surface area contributed by atoms with Gasteiger partial charge in [0, 0.05) is 32.4 Å². The Kier molecular flexibility index (Phi) is 4.38. The van der Waals surface area contributed by atoms with Gasteiger partial charge in [-0.2, -0.15) is 4.31 Å². The van der Waals surface area contributed by atoms with E-state index >= 15 is 0 Å². The van der Waals surface area contributed by atoms with Crippen LogP contribution in [0, 0.1) is 0 Å². The second-order valence-electron chi connectivity index (χ2n) is 5.64. The first-order valence-electron chi connectivity index (χ1n) is 7.50. The minimum atomic E-state index is -3.44. The number of anilines is 1. The number of halogens is 1. The van der Waals surface area contributed by atoms with Crippen LogP contribution in [0.1, 0.15) is 32.1 Å². The summed E-state index contributed by atoms with van der Waals surface area (Å²) in [5.41, 5.74) is 0. The summed E-state index contributed by atoms with van der Waals surface area (Å²) in [6, 6.07) is 1.55. The van der Waals surface area contributed by atoms with E-state index in [1.807, 2.05) is 0 Å². The molecule has 21 heavy (non-hydrogen) atoms. The Balaban J connectivity index is 1.86. The van der Waals surface area contributed by atoms with Crippen molar-refractivity contribution in [3.63, 3.8) is 0 Å². The molecule has 0 radical (unpaired) electrons. The van der Waals surface area contributed by atoms with Gasteiger partial charge in [0.2, 0.25) is 10.0 Å². The van der Waals surface area contributed by atoms with Crippen LogP contribution in [0.25, 0.3) is 0 Å². The molecule has 2 aliphatic rings. The van der Waals surface area contributed by atoms with Crippen molar-refractivity contribution >= 4 is 27.4 Å². The van der Waals surface area contributed by atoms with Crippen LogP contribution < -0.4 is 4.90 Å². The van der Waals surface area contributed by atoms with Gasteiger partial charge in [0.15, 0.2) is 0 Å². The highest BCUT2D eigenvalue weighted by atomic mass is 35.5. The largest absolute Gasteiger partial charge is 0.355 e. The van der Waals surface area contributed by atoms with Crippen molar-refractivity contribution in [2.45, 2.75) is 37.0 Å². The van der Waals surface area contributed by atoms with E-state index in [2.05, 4.69) is 9.88 Å². The summed E-state index contributed by atoms with van der Waals surface area (Å²) in [7, 11) is -3.44. The summed E-state index contributed by atoms with van der Waals surface area (Å²) in [5.74, 6) is 0.705. The molecule has 0 atom stereocenters. The second-order valence-corrected chi connectivity index (χ2v) is 7.98. The molecule has 1 aromatic rings. The molecule has 5 nitrogen and oxygen atoms in total. The van der Waals surface area contributed by atoms with Crippen LogP contribution >= 0.6 is 11.6 Å². The Morgan fingerprint density at radius 1 is 1.00 bits per heavy atom. The average molecular weight is 330 g/mol. The Labute approximate surface area is 131 Å². The van der Waals surface area contributed by atoms with Crippen LogP contribution in [-0.4, -0.2) is 43.9 Å². The molecule has 0 unspecified atom stereocenters. The smallest absolute Gasteiger partial charge is 0.244 e. The number of hydrogen-bond acceptors (Lipinski definition) is 4. The van der Waals surface area contributed by atoms with Crippen LogP contribution in [-0.2, 0) is 10.0 Å². The lowest BCUT2D eigenvalue weighted by atomic mass is 10.1. The van der Waals surface area contributed by atoms with E-state index in [9.17, 15) is 8.42 Å². The maximum Gasteiger partial charge on any atom is 0.244 e. The molecule has 1 aromatic heterocycles. The van der Waals surface area contributed by atoms with Gasteiger partial charge < -0.3 is 4.90 Å². The number of rotatable bonds is 3. The predicted octanol–water partition coefficient (Wildman–Crippen LogP) is 2.51. The van der Waals surface area contributed by atoms with Gasteiger partial charge in [-0.25, -0.2) is 13.4 Å². The fraction of sp³-hybridized carbons (Fsp3) is 0.643. The molecule has 2 saturated heterocycles. The fourth-order valence-corrected chi connectivity index (χ4v) is 4.81. The van der Waals surface area contributed by atoms with Gasteiger partial charge in [0.25, 0.3) is 0 Å². The Morgan fingerprint density at radius 3 is 2.24 bits per heavy atom. The topological polar surface area (TPSA) is 53.5 Å². The highest BCUT2D eigenvalue weighted by Gasteiger charge is 2.28. The lowest BCUT2D eigenvalue weighted by Gasteiger charge is -2.28. The SMILES string of the molecule is O=S(=O)(c1cnc(N2CCCCC2)c(Cl)c1)N1CCCC1. The Hall–Kier alpha value is -0.850. The molecule has 0 bridgehead atoms. The molecule has 116 valence electrons. The molecule has 2 fully saturated rings. The number of pyridine rings is 1. The summed E-state index contributed by atoms with van der Waals surface area (Å²) < 4.78 is 26.5. The monoisotopic (exact) mass is 329 g/mol. The van der Waals surface area contributed by atoms with Crippen LogP contribution in [0.15, 0.2) is 17.2 Å². The molecule has 0 N–H and O–H groups in total. The van der Waals surface area contributed by atoms with E-state index in [1.54, 1.807) is 6.07 Å². The highest BCUT2D eigenvalue weighted by Crippen LogP contribution is 2.29. The zero-order valence-electron chi connectivity index (χ0n) is 12.0. The summed E-state index contributed by atoms with van der Waals surface area (Å²) in [6.07, 6.45) is 6.79. The molecule has 0 aromatic carbocycles. The predicted molar refractivity (Wildman–Crippen MR) is 83.3 cm³/mol. The van der Waals surface area contributed by atoms with Crippen LogP contribution in [0.3, 0.4) is 0 Å². The van der Waals surface area contributed by atoms with Crippen molar-refractivity contribution in [2.24, 2.45) is 0 Å². The normalized spacial score (nSPS) is 20.9. The number of nitrogens with zero attached hydrogens (tertiary/aromatic N) is 3. The maximum atomic E-state index is 12.5. The van der Waals surface area contributed by atoms with E-state index in [1.165, 1.54) is 16.9 Å². The zero-order valence-corrected chi connectivity index (χ0v) is 13.5. The molecule has 2 aliphatic heterocycles. The van der Waals surface area contributed by atoms with E-state index in [0.29, 0.717) is 23.9 Å². The molecule has 3 heterocycles. The van der Waals surface area contributed by atoms with Gasteiger partial charge >= 0.3 is 0 Å². The van der Waals surface area contributed by atoms with Gasteiger partial charge in [-0.05, 0) is 38.2 Å². The number of sulfonamides is 1. The molecule has 0 saturated carbocycles. The lowest BCUT2D eigenvalue weighted by molar-refractivity contribution is 0.477. The van der Waals surface area contributed by atoms with E-state index in [4.69, 9.17) is 11.6 Å². The van der Waals surface area contributed by atoms with E-state index < -0.39 is 10.0 Å². The summed E-state index contributed by atoms with van der Waals surface area (Å²) in [4.78, 5) is 6.67. The average Bonchev–Trinajstić information content (AvgIpc) is 3.03. The summed E-state index contributed by atoms with van der Waals surface area (Å²) in [6.45, 7) is 3.05. The fourth-order valence-electron chi connectivity index (χ4n) is 2.97. The zero-order chi connectivity index (χ0) is 14.9. The standard InChI is InChI=1S/C14H20ClN3O2S/c15-13-10-12(21(19,20)18-8-4-5-9-18)11-16-14(13)17-6-2-1-3-7-17/h10-11H,1-9H2. The van der Waals surface area contributed by atoms with Gasteiger partial charge in [-0.1, -0.05) is 11.6 Å². The third-order valence-electron chi connectivity index (χ3n) is 4.16. The first-order chi connectivity index (χ1) is 10.1. The maximum absolute atomic E-state index is 12.5. The van der Waals surface area contributed by atoms with Gasteiger partial charge in [0.05, 0.1) is 5.02 Å². The quantitative estimate of drug-likeness (QED) is 0.855. The Morgan fingerprint density at radius 2 is 1.62 bits per heavy atom. The van der Waals surface area contributed by atoms with Gasteiger partial charge in [-0.15, -0.1) is 0 Å². The summed E-state index contributed by atoms with van der Waals surface area (Å²) in [5, 5.41) is 0.428. The summed E-state index contributed by atoms with van der Waals surface area (Å²) >= 11 is 6.29. The minimum absolute atomic E-state index is 0.204. The first kappa shape index (κ1) is 15.1. The minimum Gasteiger partial charge on any atom is -0.355 e. The molecule has 7 heteroatoms. The third kappa shape index (κ3) is 3.03. The number of piperidine rings is 1. The van der Waals surface area contributed by atoms with Crippen molar-refractivity contribution in [3.05, 3.63) is 17.3 Å². The molecular formula is C14H20ClN3O2S. The number of aromatic nitrogens is 1. The molecule has 0 aliphatic carbocycles. The molecule has 0 spiro atoms. The van der Waals surface area contributed by atoms with E-state index in [-0.39, 0.29) is 4.90 Å². The van der Waals surface area contributed by atoms with Crippen LogP contribution in [0.2, 0.25) is 5.02 Å².